The summed E-state index contributed by atoms with van der Waals surface area (Å²) < 4.78 is 10.3. The number of aliphatic hydroxyl groups excluding tert-OH is 1. The fourth-order valence-corrected chi connectivity index (χ4v) is 2.19. The first-order chi connectivity index (χ1) is 9.65. The Hall–Kier alpha value is -1.75. The molecule has 0 saturated heterocycles. The number of hydrogen-bond donors (Lipinski definition) is 2. The van der Waals surface area contributed by atoms with Gasteiger partial charge in [0.2, 0.25) is 5.91 Å². The molecule has 1 aliphatic carbocycles. The summed E-state index contributed by atoms with van der Waals surface area (Å²) in [6.45, 7) is 0.213. The highest BCUT2D eigenvalue weighted by atomic mass is 16.5. The number of benzene rings is 1. The zero-order valence-electron chi connectivity index (χ0n) is 11.9. The van der Waals surface area contributed by atoms with E-state index in [1.807, 2.05) is 0 Å². The van der Waals surface area contributed by atoms with Gasteiger partial charge in [-0.15, -0.1) is 0 Å². The van der Waals surface area contributed by atoms with E-state index in [0.717, 1.165) is 19.3 Å². The summed E-state index contributed by atoms with van der Waals surface area (Å²) in [6, 6.07) is 5.23. The molecule has 5 nitrogen and oxygen atoms in total. The molecule has 1 saturated carbocycles. The Morgan fingerprint density at radius 1 is 1.35 bits per heavy atom. The number of carbonyl (C=O) groups excluding carboxylic acids is 1. The van der Waals surface area contributed by atoms with Crippen molar-refractivity contribution in [2.75, 3.05) is 20.8 Å². The summed E-state index contributed by atoms with van der Waals surface area (Å²) in [5.74, 6) is 1.35. The Balaban J connectivity index is 1.94. The van der Waals surface area contributed by atoms with E-state index in [1.54, 1.807) is 32.4 Å². The average Bonchev–Trinajstić information content (AvgIpc) is 2.42. The number of hydrogen-bond acceptors (Lipinski definition) is 4. The van der Waals surface area contributed by atoms with Crippen molar-refractivity contribution < 1.29 is 19.4 Å². The summed E-state index contributed by atoms with van der Waals surface area (Å²) in [5.41, 5.74) is 0.691. The summed E-state index contributed by atoms with van der Waals surface area (Å²) in [6.07, 6.45) is 2.28. The van der Waals surface area contributed by atoms with Gasteiger partial charge in [0, 0.05) is 12.5 Å². The van der Waals surface area contributed by atoms with E-state index in [9.17, 15) is 9.90 Å². The topological polar surface area (TPSA) is 67.8 Å². The second kappa shape index (κ2) is 6.61. The standard InChI is InChI=1S/C15H21NO4/c1-19-13-7-6-11(8-14(13)20-2)12(17)9-16-15(18)10-4-3-5-10/h6-8,10,12,17H,3-5,9H2,1-2H3,(H,16,18)/t12-/m1/s1. The van der Waals surface area contributed by atoms with Crippen LogP contribution in [0.2, 0.25) is 0 Å². The first-order valence-electron chi connectivity index (χ1n) is 6.83. The molecule has 110 valence electrons. The van der Waals surface area contributed by atoms with E-state index >= 15 is 0 Å². The van der Waals surface area contributed by atoms with Crippen LogP contribution in [0.4, 0.5) is 0 Å². The molecule has 2 rings (SSSR count). The van der Waals surface area contributed by atoms with Gasteiger partial charge in [-0.2, -0.15) is 0 Å². The van der Waals surface area contributed by atoms with Crippen LogP contribution in [0.5, 0.6) is 11.5 Å². The molecular formula is C15H21NO4. The Labute approximate surface area is 118 Å². The predicted molar refractivity (Wildman–Crippen MR) is 74.9 cm³/mol. The van der Waals surface area contributed by atoms with Crippen molar-refractivity contribution in [1.82, 2.24) is 5.32 Å². The van der Waals surface area contributed by atoms with Gasteiger partial charge in [-0.05, 0) is 30.5 Å². The first-order valence-corrected chi connectivity index (χ1v) is 6.83. The molecule has 0 aliphatic heterocycles. The van der Waals surface area contributed by atoms with Crippen LogP contribution in [-0.4, -0.2) is 31.8 Å². The van der Waals surface area contributed by atoms with Crippen LogP contribution >= 0.6 is 0 Å². The number of amides is 1. The Morgan fingerprint density at radius 3 is 2.60 bits per heavy atom. The zero-order valence-corrected chi connectivity index (χ0v) is 11.9. The highest BCUT2D eigenvalue weighted by molar-refractivity contribution is 5.79. The average molecular weight is 279 g/mol. The number of carbonyl (C=O) groups is 1. The molecule has 1 aromatic rings. The minimum atomic E-state index is -0.751. The van der Waals surface area contributed by atoms with Crippen molar-refractivity contribution in [3.63, 3.8) is 0 Å². The molecule has 1 aromatic carbocycles. The molecule has 1 fully saturated rings. The normalized spacial score (nSPS) is 16.1. The molecule has 0 bridgehead atoms. The highest BCUT2D eigenvalue weighted by Gasteiger charge is 2.25. The molecular weight excluding hydrogens is 258 g/mol. The minimum Gasteiger partial charge on any atom is -0.493 e. The Morgan fingerprint density at radius 2 is 2.05 bits per heavy atom. The largest absolute Gasteiger partial charge is 0.493 e. The summed E-state index contributed by atoms with van der Waals surface area (Å²) >= 11 is 0. The third-order valence-corrected chi connectivity index (χ3v) is 3.74. The van der Waals surface area contributed by atoms with Crippen LogP contribution in [0.25, 0.3) is 0 Å². The zero-order chi connectivity index (χ0) is 14.5. The lowest BCUT2D eigenvalue weighted by molar-refractivity contribution is -0.127. The van der Waals surface area contributed by atoms with Crippen molar-refractivity contribution in [3.05, 3.63) is 23.8 Å². The maximum atomic E-state index is 11.7. The van der Waals surface area contributed by atoms with Crippen molar-refractivity contribution >= 4 is 5.91 Å². The van der Waals surface area contributed by atoms with E-state index in [0.29, 0.717) is 17.1 Å². The van der Waals surface area contributed by atoms with E-state index < -0.39 is 6.10 Å². The molecule has 0 aromatic heterocycles. The lowest BCUT2D eigenvalue weighted by Crippen LogP contribution is -2.36. The van der Waals surface area contributed by atoms with E-state index in [-0.39, 0.29) is 18.4 Å². The second-order valence-corrected chi connectivity index (χ2v) is 5.00. The number of methoxy groups -OCH3 is 2. The number of rotatable bonds is 6. The molecule has 0 spiro atoms. The van der Waals surface area contributed by atoms with Crippen molar-refractivity contribution in [3.8, 4) is 11.5 Å². The number of nitrogens with one attached hydrogen (secondary N) is 1. The molecule has 1 atom stereocenters. The SMILES string of the molecule is COc1ccc([C@H](O)CNC(=O)C2CCC2)cc1OC. The predicted octanol–water partition coefficient (Wildman–Crippen LogP) is 1.65. The molecule has 0 radical (unpaired) electrons. The summed E-state index contributed by atoms with van der Waals surface area (Å²) in [4.78, 5) is 11.7. The van der Waals surface area contributed by atoms with Crippen LogP contribution in [0, 0.1) is 5.92 Å². The van der Waals surface area contributed by atoms with Gasteiger partial charge in [-0.1, -0.05) is 12.5 Å². The fourth-order valence-electron chi connectivity index (χ4n) is 2.19. The maximum Gasteiger partial charge on any atom is 0.223 e. The Kier molecular flexibility index (Phi) is 4.84. The Bertz CT molecular complexity index is 471. The van der Waals surface area contributed by atoms with Crippen LogP contribution in [0.15, 0.2) is 18.2 Å². The van der Waals surface area contributed by atoms with Crippen molar-refractivity contribution in [2.24, 2.45) is 5.92 Å². The maximum absolute atomic E-state index is 11.7. The lowest BCUT2D eigenvalue weighted by atomic mass is 9.85. The van der Waals surface area contributed by atoms with Gasteiger partial charge in [0.1, 0.15) is 0 Å². The van der Waals surface area contributed by atoms with Crippen LogP contribution in [0.1, 0.15) is 30.9 Å². The molecule has 1 amide bonds. The van der Waals surface area contributed by atoms with Gasteiger partial charge >= 0.3 is 0 Å². The molecule has 0 heterocycles. The molecule has 0 unspecified atom stereocenters. The summed E-state index contributed by atoms with van der Waals surface area (Å²) in [5, 5.41) is 12.9. The molecule has 20 heavy (non-hydrogen) atoms. The minimum absolute atomic E-state index is 0.0378. The quantitative estimate of drug-likeness (QED) is 0.831. The van der Waals surface area contributed by atoms with E-state index in [1.165, 1.54) is 0 Å². The fraction of sp³-hybridized carbons (Fsp3) is 0.533. The number of aliphatic hydroxyl groups is 1. The van der Waals surface area contributed by atoms with Gasteiger partial charge in [-0.25, -0.2) is 0 Å². The molecule has 1 aliphatic rings. The van der Waals surface area contributed by atoms with E-state index in [4.69, 9.17) is 9.47 Å². The van der Waals surface area contributed by atoms with Crippen LogP contribution in [-0.2, 0) is 4.79 Å². The van der Waals surface area contributed by atoms with Gasteiger partial charge in [0.15, 0.2) is 11.5 Å². The van der Waals surface area contributed by atoms with Crippen LogP contribution in [0.3, 0.4) is 0 Å². The molecule has 2 N–H and O–H groups in total. The highest BCUT2D eigenvalue weighted by Crippen LogP contribution is 2.30. The monoisotopic (exact) mass is 279 g/mol. The van der Waals surface area contributed by atoms with Gasteiger partial charge in [0.05, 0.1) is 20.3 Å². The first kappa shape index (κ1) is 14.7. The second-order valence-electron chi connectivity index (χ2n) is 5.00. The van der Waals surface area contributed by atoms with Crippen LogP contribution < -0.4 is 14.8 Å². The van der Waals surface area contributed by atoms with Crippen molar-refractivity contribution in [2.45, 2.75) is 25.4 Å². The lowest BCUT2D eigenvalue weighted by Gasteiger charge is -2.24. The molecule has 5 heteroatoms. The van der Waals surface area contributed by atoms with E-state index in [2.05, 4.69) is 5.32 Å². The summed E-state index contributed by atoms with van der Waals surface area (Å²) in [7, 11) is 3.11. The van der Waals surface area contributed by atoms with Crippen molar-refractivity contribution in [1.29, 1.82) is 0 Å². The van der Waals surface area contributed by atoms with Gasteiger partial charge in [-0.3, -0.25) is 4.79 Å². The smallest absolute Gasteiger partial charge is 0.223 e. The third-order valence-electron chi connectivity index (χ3n) is 3.74. The number of ether oxygens (including phenoxy) is 2. The third kappa shape index (κ3) is 3.22. The van der Waals surface area contributed by atoms with Gasteiger partial charge < -0.3 is 19.9 Å². The van der Waals surface area contributed by atoms with Gasteiger partial charge in [0.25, 0.3) is 0 Å².